The summed E-state index contributed by atoms with van der Waals surface area (Å²) in [5.41, 5.74) is 4.57. The van der Waals surface area contributed by atoms with Gasteiger partial charge in [0.1, 0.15) is 5.82 Å². The number of nitrogens with zero attached hydrogens (tertiary/aromatic N) is 2. The highest BCUT2D eigenvalue weighted by Gasteiger charge is 2.28. The maximum absolute atomic E-state index is 13.4. The second kappa shape index (κ2) is 14.9. The minimum absolute atomic E-state index is 0.00857. The van der Waals surface area contributed by atoms with E-state index in [1.807, 2.05) is 66.5 Å². The zero-order chi connectivity index (χ0) is 26.5. The van der Waals surface area contributed by atoms with E-state index in [0.29, 0.717) is 18.7 Å². The number of rotatable bonds is 12. The minimum Gasteiger partial charge on any atom is -0.396 e. The van der Waals surface area contributed by atoms with Crippen molar-refractivity contribution in [3.05, 3.63) is 113 Å². The van der Waals surface area contributed by atoms with Crippen molar-refractivity contribution in [3.63, 3.8) is 0 Å². The van der Waals surface area contributed by atoms with Crippen LogP contribution in [0.1, 0.15) is 60.9 Å². The SMILES string of the molecule is C=C/C=C\C=C\c1ncc(/C=C(\C=C/C)C(=O)N2CC[C@H](c3ccc(F)cc3)C2)cc1CCCCCO. The summed E-state index contributed by atoms with van der Waals surface area (Å²) in [6, 6.07) is 8.69. The molecule has 0 spiro atoms. The number of carbonyl (C=O) groups is 1. The van der Waals surface area contributed by atoms with Gasteiger partial charge in [-0.3, -0.25) is 9.78 Å². The second-order valence-corrected chi connectivity index (χ2v) is 9.21. The van der Waals surface area contributed by atoms with Crippen molar-refractivity contribution in [2.45, 2.75) is 44.9 Å². The Bertz CT molecular complexity index is 1160. The van der Waals surface area contributed by atoms with Crippen LogP contribution in [0.15, 0.2) is 85.1 Å². The summed E-state index contributed by atoms with van der Waals surface area (Å²) in [5.74, 6) is -0.0420. The van der Waals surface area contributed by atoms with Crippen molar-refractivity contribution in [2.75, 3.05) is 19.7 Å². The van der Waals surface area contributed by atoms with Gasteiger partial charge in [-0.15, -0.1) is 0 Å². The Morgan fingerprint density at radius 2 is 2.00 bits per heavy atom. The second-order valence-electron chi connectivity index (χ2n) is 9.21. The molecule has 1 aliphatic heterocycles. The predicted molar refractivity (Wildman–Crippen MR) is 150 cm³/mol. The number of allylic oxidation sites excluding steroid dienone is 5. The molecule has 0 radical (unpaired) electrons. The number of hydrogen-bond acceptors (Lipinski definition) is 3. The first-order valence-corrected chi connectivity index (χ1v) is 13.0. The van der Waals surface area contributed by atoms with E-state index in [1.165, 1.54) is 12.1 Å². The van der Waals surface area contributed by atoms with Crippen molar-refractivity contribution < 1.29 is 14.3 Å². The molecule has 0 saturated carbocycles. The summed E-state index contributed by atoms with van der Waals surface area (Å²) >= 11 is 0. The number of aliphatic hydroxyl groups is 1. The number of halogens is 1. The van der Waals surface area contributed by atoms with Gasteiger partial charge in [-0.05, 0) is 79.6 Å². The molecular formula is C32H37FN2O2. The lowest BCUT2D eigenvalue weighted by Gasteiger charge is -2.18. The Balaban J connectivity index is 1.81. The lowest BCUT2D eigenvalue weighted by molar-refractivity contribution is -0.125. The zero-order valence-electron chi connectivity index (χ0n) is 21.7. The van der Waals surface area contributed by atoms with Gasteiger partial charge in [-0.2, -0.15) is 0 Å². The van der Waals surface area contributed by atoms with Crippen LogP contribution in [0.25, 0.3) is 12.2 Å². The molecule has 194 valence electrons. The number of pyridine rings is 1. The third-order valence-corrected chi connectivity index (χ3v) is 6.47. The number of hydrogen-bond donors (Lipinski definition) is 1. The van der Waals surface area contributed by atoms with Gasteiger partial charge in [0.05, 0.1) is 5.69 Å². The molecule has 1 aromatic carbocycles. The molecule has 1 atom stereocenters. The molecule has 1 amide bonds. The number of amides is 1. The van der Waals surface area contributed by atoms with Gasteiger partial charge in [-0.25, -0.2) is 4.39 Å². The van der Waals surface area contributed by atoms with Crippen LogP contribution < -0.4 is 0 Å². The number of aryl methyl sites for hydroxylation is 1. The Hall–Kier alpha value is -3.57. The summed E-state index contributed by atoms with van der Waals surface area (Å²) in [7, 11) is 0. The molecule has 1 saturated heterocycles. The van der Waals surface area contributed by atoms with Gasteiger partial charge in [0.25, 0.3) is 5.91 Å². The third kappa shape index (κ3) is 8.50. The highest BCUT2D eigenvalue weighted by atomic mass is 19.1. The molecule has 2 aromatic rings. The molecule has 0 unspecified atom stereocenters. The standard InChI is InChI=1S/C32H37FN2O2/c1-3-5-6-9-13-31-27(12-8-7-10-20-36)21-25(23-34-31)22-28(11-4-2)32(37)35-19-18-29(24-35)26-14-16-30(33)17-15-26/h3-6,9,11,13-17,21-23,29,36H,1,7-8,10,12,18-20,24H2,2H3/b6-5-,11-4-,13-9+,28-22+/t29-/m0/s1. The van der Waals surface area contributed by atoms with Crippen LogP contribution >= 0.6 is 0 Å². The van der Waals surface area contributed by atoms with Crippen LogP contribution in [0.3, 0.4) is 0 Å². The Morgan fingerprint density at radius 1 is 1.19 bits per heavy atom. The summed E-state index contributed by atoms with van der Waals surface area (Å²) in [6.45, 7) is 7.09. The van der Waals surface area contributed by atoms with E-state index >= 15 is 0 Å². The number of aliphatic hydroxyl groups excluding tert-OH is 1. The van der Waals surface area contributed by atoms with E-state index in [9.17, 15) is 9.18 Å². The van der Waals surface area contributed by atoms with Crippen LogP contribution in [0.4, 0.5) is 4.39 Å². The molecule has 37 heavy (non-hydrogen) atoms. The molecule has 1 N–H and O–H groups in total. The number of carbonyl (C=O) groups excluding carboxylic acids is 1. The van der Waals surface area contributed by atoms with Crippen molar-refractivity contribution in [3.8, 4) is 0 Å². The van der Waals surface area contributed by atoms with Gasteiger partial charge in [0.2, 0.25) is 0 Å². The quantitative estimate of drug-likeness (QED) is 0.201. The molecule has 2 heterocycles. The lowest BCUT2D eigenvalue weighted by atomic mass is 9.98. The number of unbranched alkanes of at least 4 members (excludes halogenated alkanes) is 2. The number of aromatic nitrogens is 1. The highest BCUT2D eigenvalue weighted by molar-refractivity contribution is 6.00. The molecule has 5 heteroatoms. The third-order valence-electron chi connectivity index (χ3n) is 6.47. The molecular weight excluding hydrogens is 463 g/mol. The van der Waals surface area contributed by atoms with Gasteiger partial charge in [0.15, 0.2) is 0 Å². The fourth-order valence-corrected chi connectivity index (χ4v) is 4.54. The summed E-state index contributed by atoms with van der Waals surface area (Å²) < 4.78 is 13.3. The zero-order valence-corrected chi connectivity index (χ0v) is 21.7. The van der Waals surface area contributed by atoms with Crippen LogP contribution in [-0.4, -0.2) is 40.6 Å². The maximum Gasteiger partial charge on any atom is 0.253 e. The van der Waals surface area contributed by atoms with Crippen LogP contribution in [0.2, 0.25) is 0 Å². The molecule has 3 rings (SSSR count). The van der Waals surface area contributed by atoms with Crippen LogP contribution in [0, 0.1) is 5.82 Å². The largest absolute Gasteiger partial charge is 0.396 e. The first kappa shape index (κ1) is 28.0. The average molecular weight is 501 g/mol. The smallest absolute Gasteiger partial charge is 0.253 e. The fraction of sp³-hybridized carbons (Fsp3) is 0.312. The summed E-state index contributed by atoms with van der Waals surface area (Å²) in [4.78, 5) is 20.0. The average Bonchev–Trinajstić information content (AvgIpc) is 3.40. The van der Waals surface area contributed by atoms with E-state index in [-0.39, 0.29) is 24.2 Å². The first-order valence-electron chi connectivity index (χ1n) is 13.0. The molecule has 0 aliphatic carbocycles. The molecule has 1 aliphatic rings. The van der Waals surface area contributed by atoms with E-state index in [0.717, 1.165) is 54.5 Å². The maximum atomic E-state index is 13.4. The van der Waals surface area contributed by atoms with Crippen LogP contribution in [-0.2, 0) is 11.2 Å². The summed E-state index contributed by atoms with van der Waals surface area (Å²) in [5, 5.41) is 9.11. The number of benzene rings is 1. The van der Waals surface area contributed by atoms with Gasteiger partial charge in [0, 0.05) is 37.4 Å². The van der Waals surface area contributed by atoms with Crippen molar-refractivity contribution in [2.24, 2.45) is 0 Å². The molecule has 0 bridgehead atoms. The van der Waals surface area contributed by atoms with E-state index in [1.54, 1.807) is 12.3 Å². The van der Waals surface area contributed by atoms with Gasteiger partial charge < -0.3 is 10.0 Å². The minimum atomic E-state index is -0.246. The highest BCUT2D eigenvalue weighted by Crippen LogP contribution is 2.29. The Labute approximate surface area is 220 Å². The van der Waals surface area contributed by atoms with Crippen molar-refractivity contribution >= 4 is 18.1 Å². The summed E-state index contributed by atoms with van der Waals surface area (Å²) in [6.07, 6.45) is 21.3. The molecule has 1 fully saturated rings. The number of likely N-dealkylation sites (tertiary alicyclic amines) is 1. The molecule has 4 nitrogen and oxygen atoms in total. The topological polar surface area (TPSA) is 53.4 Å². The molecule has 1 aromatic heterocycles. The lowest BCUT2D eigenvalue weighted by Crippen LogP contribution is -2.29. The van der Waals surface area contributed by atoms with Gasteiger partial charge >= 0.3 is 0 Å². The normalized spacial score (nSPS) is 16.5. The van der Waals surface area contributed by atoms with Gasteiger partial charge in [-0.1, -0.05) is 61.6 Å². The van der Waals surface area contributed by atoms with E-state index in [4.69, 9.17) is 5.11 Å². The van der Waals surface area contributed by atoms with Crippen molar-refractivity contribution in [1.29, 1.82) is 0 Å². The fourth-order valence-electron chi connectivity index (χ4n) is 4.54. The predicted octanol–water partition coefficient (Wildman–Crippen LogP) is 6.66. The Morgan fingerprint density at radius 3 is 2.73 bits per heavy atom. The monoisotopic (exact) mass is 500 g/mol. The van der Waals surface area contributed by atoms with E-state index in [2.05, 4.69) is 17.6 Å². The van der Waals surface area contributed by atoms with E-state index < -0.39 is 0 Å². The Kier molecular flexibility index (Phi) is 11.2. The van der Waals surface area contributed by atoms with Crippen LogP contribution in [0.5, 0.6) is 0 Å². The van der Waals surface area contributed by atoms with Crippen molar-refractivity contribution in [1.82, 2.24) is 9.88 Å². The first-order chi connectivity index (χ1) is 18.0.